The number of nitro groups is 1. The van der Waals surface area contributed by atoms with Gasteiger partial charge in [0.2, 0.25) is 0 Å². The molecule has 0 aromatic heterocycles. The number of carbonyl (C=O) groups excluding carboxylic acids is 3. The lowest BCUT2D eigenvalue weighted by molar-refractivity contribution is -0.384. The average molecular weight is 452 g/mol. The molecule has 1 aliphatic heterocycles. The van der Waals surface area contributed by atoms with Crippen molar-refractivity contribution in [2.75, 3.05) is 29.9 Å². The van der Waals surface area contributed by atoms with E-state index in [1.807, 2.05) is 4.90 Å². The van der Waals surface area contributed by atoms with Crippen LogP contribution in [0.2, 0.25) is 0 Å². The molecule has 33 heavy (non-hydrogen) atoms. The Morgan fingerprint density at radius 3 is 2.52 bits per heavy atom. The summed E-state index contributed by atoms with van der Waals surface area (Å²) in [6.07, 6.45) is 3.80. The van der Waals surface area contributed by atoms with Crippen molar-refractivity contribution in [1.82, 2.24) is 5.32 Å². The molecule has 0 radical (unpaired) electrons. The largest absolute Gasteiger partial charge is 0.452 e. The standard InChI is InChI=1S/C23H24N4O6/c28-21(25-18-6-2-1-5-17(18)22(29)24-16-8-9-16)14-33-23(30)15-7-10-19(20(13-15)27(31)32)26-11-3-4-12-26/h1-2,5-7,10,13,16H,3-4,8-9,11-12,14H2,(H,24,29)(H,25,28). The number of esters is 1. The number of nitrogens with zero attached hydrogens (tertiary/aromatic N) is 2. The van der Waals surface area contributed by atoms with Crippen LogP contribution in [0.4, 0.5) is 17.1 Å². The lowest BCUT2D eigenvalue weighted by atomic mass is 10.1. The molecule has 1 saturated heterocycles. The van der Waals surface area contributed by atoms with E-state index in [1.165, 1.54) is 18.2 Å². The highest BCUT2D eigenvalue weighted by molar-refractivity contribution is 6.04. The highest BCUT2D eigenvalue weighted by Gasteiger charge is 2.26. The molecule has 2 aromatic rings. The Kier molecular flexibility index (Phi) is 6.53. The summed E-state index contributed by atoms with van der Waals surface area (Å²) in [6, 6.07) is 10.9. The number of hydrogen-bond acceptors (Lipinski definition) is 7. The molecule has 1 saturated carbocycles. The van der Waals surface area contributed by atoms with Gasteiger partial charge in [0, 0.05) is 25.2 Å². The lowest BCUT2D eigenvalue weighted by Gasteiger charge is -2.17. The van der Waals surface area contributed by atoms with E-state index in [4.69, 9.17) is 4.74 Å². The molecule has 10 nitrogen and oxygen atoms in total. The van der Waals surface area contributed by atoms with Crippen molar-refractivity contribution in [2.45, 2.75) is 31.7 Å². The molecule has 0 atom stereocenters. The van der Waals surface area contributed by atoms with Gasteiger partial charge in [-0.25, -0.2) is 4.79 Å². The monoisotopic (exact) mass is 452 g/mol. The molecule has 4 rings (SSSR count). The summed E-state index contributed by atoms with van der Waals surface area (Å²) in [4.78, 5) is 50.0. The number of hydrogen-bond donors (Lipinski definition) is 2. The van der Waals surface area contributed by atoms with E-state index in [9.17, 15) is 24.5 Å². The number of nitrogens with one attached hydrogen (secondary N) is 2. The van der Waals surface area contributed by atoms with Gasteiger partial charge in [-0.2, -0.15) is 0 Å². The van der Waals surface area contributed by atoms with Crippen LogP contribution in [0.25, 0.3) is 0 Å². The summed E-state index contributed by atoms with van der Waals surface area (Å²) in [5, 5.41) is 16.9. The zero-order chi connectivity index (χ0) is 23.4. The van der Waals surface area contributed by atoms with Gasteiger partial charge >= 0.3 is 5.97 Å². The molecule has 0 unspecified atom stereocenters. The molecule has 2 N–H and O–H groups in total. The molecule has 2 aliphatic rings. The number of benzene rings is 2. The Bertz CT molecular complexity index is 1090. The first-order valence-electron chi connectivity index (χ1n) is 10.8. The van der Waals surface area contributed by atoms with Crippen LogP contribution in [0.1, 0.15) is 46.4 Å². The maximum atomic E-state index is 12.4. The van der Waals surface area contributed by atoms with E-state index in [0.29, 0.717) is 16.9 Å². The molecule has 0 bridgehead atoms. The van der Waals surface area contributed by atoms with Crippen LogP contribution in [0, 0.1) is 10.1 Å². The number of rotatable bonds is 8. The molecule has 2 aromatic carbocycles. The first kappa shape index (κ1) is 22.3. The van der Waals surface area contributed by atoms with Crippen molar-refractivity contribution in [1.29, 1.82) is 0 Å². The zero-order valence-corrected chi connectivity index (χ0v) is 17.9. The second-order valence-corrected chi connectivity index (χ2v) is 8.07. The van der Waals surface area contributed by atoms with E-state index in [-0.39, 0.29) is 23.2 Å². The predicted molar refractivity (Wildman–Crippen MR) is 120 cm³/mol. The average Bonchev–Trinajstić information content (AvgIpc) is 3.45. The van der Waals surface area contributed by atoms with Crippen LogP contribution in [0.5, 0.6) is 0 Å². The van der Waals surface area contributed by atoms with Crippen molar-refractivity contribution in [3.63, 3.8) is 0 Å². The predicted octanol–water partition coefficient (Wildman–Crippen LogP) is 2.88. The van der Waals surface area contributed by atoms with Crippen LogP contribution < -0.4 is 15.5 Å². The van der Waals surface area contributed by atoms with Crippen LogP contribution >= 0.6 is 0 Å². The fraction of sp³-hybridized carbons (Fsp3) is 0.348. The minimum Gasteiger partial charge on any atom is -0.452 e. The van der Waals surface area contributed by atoms with Gasteiger partial charge in [-0.1, -0.05) is 12.1 Å². The van der Waals surface area contributed by atoms with Crippen molar-refractivity contribution >= 4 is 34.8 Å². The number of carbonyl (C=O) groups is 3. The van der Waals surface area contributed by atoms with Crippen LogP contribution in [-0.2, 0) is 9.53 Å². The normalized spacial score (nSPS) is 15.1. The van der Waals surface area contributed by atoms with Crippen LogP contribution in [0.15, 0.2) is 42.5 Å². The molecule has 1 heterocycles. The van der Waals surface area contributed by atoms with E-state index >= 15 is 0 Å². The van der Waals surface area contributed by atoms with Gasteiger partial charge in [0.05, 0.1) is 21.7 Å². The molecular weight excluding hydrogens is 428 g/mol. The zero-order valence-electron chi connectivity index (χ0n) is 17.9. The quantitative estimate of drug-likeness (QED) is 0.358. The smallest absolute Gasteiger partial charge is 0.338 e. The van der Waals surface area contributed by atoms with Gasteiger partial charge in [-0.05, 0) is 49.9 Å². The maximum absolute atomic E-state index is 12.4. The van der Waals surface area contributed by atoms with Gasteiger partial charge in [0.1, 0.15) is 5.69 Å². The number of nitro benzene ring substituents is 1. The van der Waals surface area contributed by atoms with Crippen molar-refractivity contribution < 1.29 is 24.0 Å². The number of para-hydroxylation sites is 1. The van der Waals surface area contributed by atoms with Crippen LogP contribution in [-0.4, -0.2) is 48.4 Å². The van der Waals surface area contributed by atoms with E-state index < -0.39 is 23.4 Å². The van der Waals surface area contributed by atoms with Crippen molar-refractivity contribution in [3.8, 4) is 0 Å². The minimum absolute atomic E-state index is 0.0124. The van der Waals surface area contributed by atoms with Crippen molar-refractivity contribution in [2.24, 2.45) is 0 Å². The molecule has 172 valence electrons. The Morgan fingerprint density at radius 1 is 1.09 bits per heavy atom. The third-order valence-corrected chi connectivity index (χ3v) is 5.55. The third-order valence-electron chi connectivity index (χ3n) is 5.55. The fourth-order valence-electron chi connectivity index (χ4n) is 3.70. The first-order chi connectivity index (χ1) is 15.9. The summed E-state index contributed by atoms with van der Waals surface area (Å²) >= 11 is 0. The molecule has 1 aliphatic carbocycles. The summed E-state index contributed by atoms with van der Waals surface area (Å²) < 4.78 is 5.05. The maximum Gasteiger partial charge on any atom is 0.338 e. The number of anilines is 2. The summed E-state index contributed by atoms with van der Waals surface area (Å²) in [7, 11) is 0. The van der Waals surface area contributed by atoms with Gasteiger partial charge in [0.25, 0.3) is 17.5 Å². The molecule has 0 spiro atoms. The Balaban J connectivity index is 1.38. The second-order valence-electron chi connectivity index (χ2n) is 8.07. The SMILES string of the molecule is O=C(COC(=O)c1ccc(N2CCCC2)c([N+](=O)[O-])c1)Nc1ccccc1C(=O)NC1CC1. The number of amides is 2. The van der Waals surface area contributed by atoms with Gasteiger partial charge in [-0.15, -0.1) is 0 Å². The molecular formula is C23H24N4O6. The van der Waals surface area contributed by atoms with Gasteiger partial charge < -0.3 is 20.3 Å². The minimum atomic E-state index is -0.846. The van der Waals surface area contributed by atoms with E-state index in [2.05, 4.69) is 10.6 Å². The van der Waals surface area contributed by atoms with Gasteiger partial charge in [-0.3, -0.25) is 19.7 Å². The molecule has 2 amide bonds. The topological polar surface area (TPSA) is 131 Å². The Labute approximate surface area is 190 Å². The summed E-state index contributed by atoms with van der Waals surface area (Å²) in [6.45, 7) is 0.856. The Morgan fingerprint density at radius 2 is 1.82 bits per heavy atom. The second kappa shape index (κ2) is 9.68. The van der Waals surface area contributed by atoms with Crippen LogP contribution in [0.3, 0.4) is 0 Å². The molecule has 2 fully saturated rings. The van der Waals surface area contributed by atoms with Gasteiger partial charge in [0.15, 0.2) is 6.61 Å². The fourth-order valence-corrected chi connectivity index (χ4v) is 3.70. The highest BCUT2D eigenvalue weighted by atomic mass is 16.6. The Hall–Kier alpha value is -3.95. The van der Waals surface area contributed by atoms with E-state index in [0.717, 1.165) is 38.8 Å². The summed E-state index contributed by atoms with van der Waals surface area (Å²) in [5.41, 5.74) is 0.903. The molecule has 10 heteroatoms. The lowest BCUT2D eigenvalue weighted by Crippen LogP contribution is -2.28. The number of ether oxygens (including phenoxy) is 1. The van der Waals surface area contributed by atoms with Crippen molar-refractivity contribution in [3.05, 3.63) is 63.7 Å². The van der Waals surface area contributed by atoms with E-state index in [1.54, 1.807) is 24.3 Å². The highest BCUT2D eigenvalue weighted by Crippen LogP contribution is 2.32. The third kappa shape index (κ3) is 5.46. The first-order valence-corrected chi connectivity index (χ1v) is 10.8. The summed E-state index contributed by atoms with van der Waals surface area (Å²) in [5.74, 6) is -1.75.